The van der Waals surface area contributed by atoms with Crippen molar-refractivity contribution in [3.8, 4) is 0 Å². The number of carbonyl (C=O) groups is 2. The quantitative estimate of drug-likeness (QED) is 0.0195. The summed E-state index contributed by atoms with van der Waals surface area (Å²) in [6.07, 6.45) is 116. The Morgan fingerprint density at radius 1 is 0.317 bits per heavy atom. The molecule has 0 aliphatic heterocycles. The molecule has 101 heavy (non-hydrogen) atoms. The summed E-state index contributed by atoms with van der Waals surface area (Å²) in [6, 6.07) is 0. The number of nitrogens with zero attached hydrogens (tertiary/aromatic N) is 1. The molecule has 9 nitrogen and oxygen atoms in total. The van der Waals surface area contributed by atoms with Gasteiger partial charge in [-0.3, -0.25) is 14.2 Å². The Labute approximate surface area is 626 Å². The van der Waals surface area contributed by atoms with E-state index in [4.69, 9.17) is 18.5 Å². The predicted molar refractivity (Wildman–Crippen MR) is 438 cm³/mol. The van der Waals surface area contributed by atoms with E-state index >= 15 is 0 Å². The molecule has 0 aromatic carbocycles. The summed E-state index contributed by atoms with van der Waals surface area (Å²) in [5.41, 5.74) is 0. The number of quaternary nitrogens is 1. The number of phosphoric acid groups is 1. The van der Waals surface area contributed by atoms with Gasteiger partial charge in [0.15, 0.2) is 6.10 Å². The van der Waals surface area contributed by atoms with Crippen molar-refractivity contribution in [1.29, 1.82) is 0 Å². The van der Waals surface area contributed by atoms with Crippen LogP contribution >= 0.6 is 7.82 Å². The van der Waals surface area contributed by atoms with E-state index in [1.165, 1.54) is 250 Å². The fourth-order valence-electron chi connectivity index (χ4n) is 12.3. The number of unbranched alkanes of at least 4 members (excludes halogenated alkanes) is 45. The Bertz CT molecular complexity index is 2130. The van der Waals surface area contributed by atoms with E-state index in [1.807, 2.05) is 21.1 Å². The minimum atomic E-state index is -4.65. The summed E-state index contributed by atoms with van der Waals surface area (Å²) in [4.78, 5) is 38.2. The van der Waals surface area contributed by atoms with Crippen molar-refractivity contribution in [2.45, 2.75) is 399 Å². The summed E-state index contributed by atoms with van der Waals surface area (Å²) in [5, 5.41) is 0. The maximum Gasteiger partial charge on any atom is 0.306 e. The zero-order chi connectivity index (χ0) is 73.3. The predicted octanol–water partition coefficient (Wildman–Crippen LogP) is 28.3. The van der Waals surface area contributed by atoms with Crippen LogP contribution in [0.4, 0.5) is 0 Å². The van der Waals surface area contributed by atoms with Gasteiger partial charge >= 0.3 is 11.9 Å². The van der Waals surface area contributed by atoms with Crippen LogP contribution in [0.1, 0.15) is 393 Å². The number of rotatable bonds is 79. The SMILES string of the molecule is CC/C=C\C/C=C\C/C=C\C/C=C\C/C=C\C/C=C\C/C=C\C/C=C\C/C=C\C/C=C\CCCCCCCCCCCCC(=O)OC(COC(=O)CCCCCCCCCCCCCCCCCCCCCCCCCCCCCCCCCCCCCC)COP(=O)([O-])OCC[N+](C)(C)C. The normalized spacial score (nSPS) is 13.6. The molecule has 0 bridgehead atoms. The third-order valence-electron chi connectivity index (χ3n) is 18.7. The van der Waals surface area contributed by atoms with Crippen molar-refractivity contribution in [3.05, 3.63) is 122 Å². The highest BCUT2D eigenvalue weighted by atomic mass is 31.2. The zero-order valence-electron chi connectivity index (χ0n) is 66.8. The molecule has 0 aromatic rings. The molecule has 0 radical (unpaired) electrons. The first-order valence-corrected chi connectivity index (χ1v) is 44.2. The molecule has 0 heterocycles. The van der Waals surface area contributed by atoms with Crippen LogP contribution in [0.2, 0.25) is 0 Å². The maximum absolute atomic E-state index is 12.9. The largest absolute Gasteiger partial charge is 0.756 e. The summed E-state index contributed by atoms with van der Waals surface area (Å²) in [5.74, 6) is -0.827. The lowest BCUT2D eigenvalue weighted by Gasteiger charge is -2.28. The van der Waals surface area contributed by atoms with E-state index in [9.17, 15) is 19.0 Å². The molecule has 0 rings (SSSR count). The van der Waals surface area contributed by atoms with Crippen molar-refractivity contribution in [1.82, 2.24) is 0 Å². The van der Waals surface area contributed by atoms with Crippen LogP contribution in [0.25, 0.3) is 0 Å². The molecule has 0 aromatic heterocycles. The molecular formula is C91H162NO8P. The molecule has 0 aliphatic carbocycles. The van der Waals surface area contributed by atoms with Crippen molar-refractivity contribution < 1.29 is 42.1 Å². The van der Waals surface area contributed by atoms with Gasteiger partial charge in [0.05, 0.1) is 27.7 Å². The van der Waals surface area contributed by atoms with Gasteiger partial charge in [0.2, 0.25) is 0 Å². The van der Waals surface area contributed by atoms with Crippen molar-refractivity contribution in [3.63, 3.8) is 0 Å². The number of carbonyl (C=O) groups excluding carboxylic acids is 2. The fourth-order valence-corrected chi connectivity index (χ4v) is 13.0. The van der Waals surface area contributed by atoms with Gasteiger partial charge in [0.25, 0.3) is 7.82 Å². The summed E-state index contributed by atoms with van der Waals surface area (Å²) in [6.45, 7) is 4.17. The van der Waals surface area contributed by atoms with Gasteiger partial charge in [-0.1, -0.05) is 411 Å². The second-order valence-electron chi connectivity index (χ2n) is 29.8. The number of ether oxygens (including phenoxy) is 2. The van der Waals surface area contributed by atoms with Crippen molar-refractivity contribution >= 4 is 19.8 Å². The van der Waals surface area contributed by atoms with Crippen LogP contribution in [0, 0.1) is 0 Å². The summed E-state index contributed by atoms with van der Waals surface area (Å²) in [7, 11) is 1.17. The Kier molecular flexibility index (Phi) is 77.6. The minimum Gasteiger partial charge on any atom is -0.756 e. The van der Waals surface area contributed by atoms with Crippen molar-refractivity contribution in [2.24, 2.45) is 0 Å². The maximum atomic E-state index is 12.9. The highest BCUT2D eigenvalue weighted by Gasteiger charge is 2.22. The molecule has 10 heteroatoms. The van der Waals surface area contributed by atoms with Crippen LogP contribution in [-0.2, 0) is 32.7 Å². The first kappa shape index (κ1) is 97.4. The molecule has 0 amide bonds. The number of allylic oxidation sites excluding steroid dienone is 20. The van der Waals surface area contributed by atoms with Crippen LogP contribution in [0.15, 0.2) is 122 Å². The van der Waals surface area contributed by atoms with Crippen LogP contribution < -0.4 is 4.89 Å². The van der Waals surface area contributed by atoms with Crippen LogP contribution in [0.5, 0.6) is 0 Å². The molecular weight excluding hydrogens is 1270 g/mol. The van der Waals surface area contributed by atoms with Gasteiger partial charge in [-0.25, -0.2) is 0 Å². The molecule has 2 unspecified atom stereocenters. The van der Waals surface area contributed by atoms with E-state index in [2.05, 4.69) is 135 Å². The van der Waals surface area contributed by atoms with Gasteiger partial charge in [-0.2, -0.15) is 0 Å². The third kappa shape index (κ3) is 85.2. The first-order chi connectivity index (χ1) is 49.5. The standard InChI is InChI=1S/C91H162NO8P/c1-6-8-10-12-14-16-18-20-22-24-26-28-30-32-34-36-38-40-42-44-45-46-47-48-50-52-54-56-58-60-62-64-66-68-70-72-74-76-78-80-82-84-91(94)100-89(88-99-101(95,96)98-86-85-92(3,4)5)87-97-90(93)83-81-79-77-75-73-71-69-67-65-63-61-59-57-55-53-51-49-43-41-39-37-35-33-31-29-27-25-23-21-19-17-15-13-11-9-7-2/h8,10,14,16,20,22,26,28,32,34,38,40,44-45,47-48,52,54,58,60,89H,6-7,9,11-13,15,17-19,21,23-25,27,29-31,33,35-37,39,41-43,46,49-51,53,55-57,59,61-88H2,1-5H3/b10-8-,16-14-,22-20-,28-26-,34-32-,40-38-,45-44-,48-47-,54-52-,60-58-. The lowest BCUT2D eigenvalue weighted by Crippen LogP contribution is -2.37. The molecule has 0 saturated carbocycles. The van der Waals surface area contributed by atoms with E-state index in [0.717, 1.165) is 109 Å². The molecule has 0 aliphatic rings. The van der Waals surface area contributed by atoms with Crippen LogP contribution in [-0.4, -0.2) is 70.0 Å². The zero-order valence-corrected chi connectivity index (χ0v) is 67.7. The highest BCUT2D eigenvalue weighted by molar-refractivity contribution is 7.45. The van der Waals surface area contributed by atoms with Gasteiger partial charge in [-0.05, 0) is 89.9 Å². The Morgan fingerprint density at radius 3 is 0.842 bits per heavy atom. The lowest BCUT2D eigenvalue weighted by atomic mass is 10.0. The second-order valence-corrected chi connectivity index (χ2v) is 31.2. The van der Waals surface area contributed by atoms with Gasteiger partial charge < -0.3 is 27.9 Å². The Morgan fingerprint density at radius 2 is 0.564 bits per heavy atom. The highest BCUT2D eigenvalue weighted by Crippen LogP contribution is 2.38. The Balaban J connectivity index is 3.97. The van der Waals surface area contributed by atoms with Crippen LogP contribution in [0.3, 0.4) is 0 Å². The number of esters is 2. The monoisotopic (exact) mass is 1430 g/mol. The van der Waals surface area contributed by atoms with Gasteiger partial charge in [0, 0.05) is 12.8 Å². The molecule has 0 spiro atoms. The minimum absolute atomic E-state index is 0.0345. The van der Waals surface area contributed by atoms with E-state index in [0.29, 0.717) is 17.4 Å². The van der Waals surface area contributed by atoms with Gasteiger partial charge in [0.1, 0.15) is 19.8 Å². The second kappa shape index (κ2) is 80.5. The number of phosphoric ester groups is 1. The molecule has 584 valence electrons. The average molecular weight is 1430 g/mol. The molecule has 2 atom stereocenters. The van der Waals surface area contributed by atoms with E-state index in [-0.39, 0.29) is 32.0 Å². The van der Waals surface area contributed by atoms with E-state index < -0.39 is 26.5 Å². The molecule has 0 fully saturated rings. The summed E-state index contributed by atoms with van der Waals surface area (Å²) >= 11 is 0. The topological polar surface area (TPSA) is 111 Å². The first-order valence-electron chi connectivity index (χ1n) is 42.7. The third-order valence-corrected chi connectivity index (χ3v) is 19.7. The van der Waals surface area contributed by atoms with Gasteiger partial charge in [-0.15, -0.1) is 0 Å². The smallest absolute Gasteiger partial charge is 0.306 e. The summed E-state index contributed by atoms with van der Waals surface area (Å²) < 4.78 is 34.4. The number of hydrogen-bond acceptors (Lipinski definition) is 8. The van der Waals surface area contributed by atoms with E-state index in [1.54, 1.807) is 0 Å². The number of hydrogen-bond donors (Lipinski definition) is 0. The average Bonchev–Trinajstić information content (AvgIpc) is 1.02. The molecule has 0 N–H and O–H groups in total. The lowest BCUT2D eigenvalue weighted by molar-refractivity contribution is -0.870. The fraction of sp³-hybridized carbons (Fsp3) is 0.758. The molecule has 0 saturated heterocycles. The Hall–Kier alpha value is -3.59. The van der Waals surface area contributed by atoms with Crippen molar-refractivity contribution in [2.75, 3.05) is 47.5 Å². The number of likely N-dealkylation sites (N-methyl/N-ethyl adjacent to an activating group) is 1.